The summed E-state index contributed by atoms with van der Waals surface area (Å²) in [5.74, 6) is 1.20. The first-order chi connectivity index (χ1) is 13.2. The van der Waals surface area contributed by atoms with Gasteiger partial charge in [-0.1, -0.05) is 11.6 Å². The number of oxime groups is 1. The topological polar surface area (TPSA) is 66.4 Å². The van der Waals surface area contributed by atoms with E-state index in [9.17, 15) is 4.79 Å². The van der Waals surface area contributed by atoms with Gasteiger partial charge >= 0.3 is 5.97 Å². The van der Waals surface area contributed by atoms with Crippen molar-refractivity contribution in [3.63, 3.8) is 0 Å². The lowest BCUT2D eigenvalue weighted by Gasteiger charge is -2.30. The number of carbonyl (C=O) groups is 1. The average molecular weight is 375 g/mol. The molecule has 0 amide bonds. The molecule has 27 heavy (non-hydrogen) atoms. The number of hydrogen-bond acceptors (Lipinski definition) is 6. The molecule has 1 aromatic carbocycles. The summed E-state index contributed by atoms with van der Waals surface area (Å²) in [7, 11) is 3.04. The highest BCUT2D eigenvalue weighted by atomic mass is 16.7. The maximum absolute atomic E-state index is 11.2. The van der Waals surface area contributed by atoms with E-state index in [0.29, 0.717) is 24.5 Å². The van der Waals surface area contributed by atoms with E-state index in [1.54, 1.807) is 7.11 Å². The van der Waals surface area contributed by atoms with Crippen LogP contribution in [0, 0.1) is 0 Å². The SMILES string of the molecule is COC(=O)CCCCOc1cc(C2=NOC3(CCCCC3)C2)ccc1OC. The van der Waals surface area contributed by atoms with Crippen LogP contribution in [0.1, 0.15) is 63.4 Å². The minimum atomic E-state index is -0.189. The van der Waals surface area contributed by atoms with Gasteiger partial charge < -0.3 is 19.0 Å². The van der Waals surface area contributed by atoms with Gasteiger partial charge in [0.1, 0.15) is 5.60 Å². The molecule has 6 nitrogen and oxygen atoms in total. The summed E-state index contributed by atoms with van der Waals surface area (Å²) >= 11 is 0. The number of rotatable bonds is 8. The molecule has 6 heteroatoms. The molecule has 1 fully saturated rings. The van der Waals surface area contributed by atoms with E-state index in [2.05, 4.69) is 9.89 Å². The Balaban J connectivity index is 1.59. The van der Waals surface area contributed by atoms with Gasteiger partial charge in [0.25, 0.3) is 0 Å². The normalized spacial score (nSPS) is 17.9. The van der Waals surface area contributed by atoms with Crippen LogP contribution in [0.5, 0.6) is 11.5 Å². The minimum absolute atomic E-state index is 0.0948. The van der Waals surface area contributed by atoms with Gasteiger partial charge in [0.15, 0.2) is 11.5 Å². The summed E-state index contributed by atoms with van der Waals surface area (Å²) in [6.07, 6.45) is 8.66. The molecule has 1 aliphatic carbocycles. The largest absolute Gasteiger partial charge is 0.493 e. The summed E-state index contributed by atoms with van der Waals surface area (Å²) < 4.78 is 16.0. The Hall–Kier alpha value is -2.24. The van der Waals surface area contributed by atoms with E-state index in [4.69, 9.17) is 14.3 Å². The van der Waals surface area contributed by atoms with Crippen LogP contribution in [0.15, 0.2) is 23.4 Å². The third-order valence-corrected chi connectivity index (χ3v) is 5.36. The first-order valence-electron chi connectivity index (χ1n) is 9.79. The molecule has 0 aromatic heterocycles. The summed E-state index contributed by atoms with van der Waals surface area (Å²) in [6, 6.07) is 5.89. The number of hydrogen-bond donors (Lipinski definition) is 0. The quantitative estimate of drug-likeness (QED) is 0.502. The zero-order valence-corrected chi connectivity index (χ0v) is 16.3. The second-order valence-corrected chi connectivity index (χ2v) is 7.30. The van der Waals surface area contributed by atoms with Crippen molar-refractivity contribution in [3.05, 3.63) is 23.8 Å². The van der Waals surface area contributed by atoms with E-state index in [-0.39, 0.29) is 11.6 Å². The number of unbranched alkanes of at least 4 members (excludes halogenated alkanes) is 1. The van der Waals surface area contributed by atoms with Crippen LogP contribution in [-0.4, -0.2) is 38.1 Å². The van der Waals surface area contributed by atoms with E-state index < -0.39 is 0 Å². The van der Waals surface area contributed by atoms with Crippen molar-refractivity contribution in [2.45, 2.75) is 63.4 Å². The highest BCUT2D eigenvalue weighted by Crippen LogP contribution is 2.40. The van der Waals surface area contributed by atoms with Crippen molar-refractivity contribution < 1.29 is 23.8 Å². The zero-order chi connectivity index (χ0) is 19.1. The molecule has 2 aliphatic rings. The molecule has 0 N–H and O–H groups in total. The fourth-order valence-electron chi connectivity index (χ4n) is 3.77. The zero-order valence-electron chi connectivity index (χ0n) is 16.3. The molecule has 1 saturated carbocycles. The second kappa shape index (κ2) is 9.11. The summed E-state index contributed by atoms with van der Waals surface area (Å²) in [5, 5.41) is 4.39. The molecular weight excluding hydrogens is 346 g/mol. The van der Waals surface area contributed by atoms with E-state index in [1.165, 1.54) is 26.4 Å². The van der Waals surface area contributed by atoms with Crippen molar-refractivity contribution in [1.29, 1.82) is 0 Å². The highest BCUT2D eigenvalue weighted by Gasteiger charge is 2.40. The van der Waals surface area contributed by atoms with Gasteiger partial charge in [-0.05, 0) is 56.7 Å². The first kappa shape index (κ1) is 19.5. The molecule has 1 spiro atoms. The number of nitrogens with zero attached hydrogens (tertiary/aromatic N) is 1. The average Bonchev–Trinajstić information content (AvgIpc) is 3.11. The van der Waals surface area contributed by atoms with Crippen LogP contribution in [0.2, 0.25) is 0 Å². The monoisotopic (exact) mass is 375 g/mol. The van der Waals surface area contributed by atoms with Crippen LogP contribution in [0.25, 0.3) is 0 Å². The summed E-state index contributed by atoms with van der Waals surface area (Å²) in [5.41, 5.74) is 1.90. The van der Waals surface area contributed by atoms with Gasteiger partial charge in [-0.25, -0.2) is 0 Å². The van der Waals surface area contributed by atoms with Crippen molar-refractivity contribution in [2.24, 2.45) is 5.16 Å². The molecule has 0 atom stereocenters. The van der Waals surface area contributed by atoms with Gasteiger partial charge in [0, 0.05) is 18.4 Å². The second-order valence-electron chi connectivity index (χ2n) is 7.30. The Morgan fingerprint density at radius 3 is 2.70 bits per heavy atom. The Kier molecular flexibility index (Phi) is 6.58. The number of ether oxygens (including phenoxy) is 3. The number of methoxy groups -OCH3 is 2. The van der Waals surface area contributed by atoms with Crippen LogP contribution in [0.4, 0.5) is 0 Å². The molecule has 1 heterocycles. The van der Waals surface area contributed by atoms with Gasteiger partial charge in [-0.2, -0.15) is 0 Å². The summed E-state index contributed by atoms with van der Waals surface area (Å²) in [6.45, 7) is 0.518. The molecule has 148 valence electrons. The van der Waals surface area contributed by atoms with E-state index in [1.807, 2.05) is 18.2 Å². The van der Waals surface area contributed by atoms with Crippen molar-refractivity contribution in [2.75, 3.05) is 20.8 Å². The van der Waals surface area contributed by atoms with Crippen molar-refractivity contribution in [1.82, 2.24) is 0 Å². The molecule has 1 aliphatic heterocycles. The van der Waals surface area contributed by atoms with Crippen LogP contribution in [-0.2, 0) is 14.4 Å². The van der Waals surface area contributed by atoms with Crippen LogP contribution >= 0.6 is 0 Å². The lowest BCUT2D eigenvalue weighted by Crippen LogP contribution is -2.31. The molecule has 0 radical (unpaired) electrons. The molecule has 0 saturated heterocycles. The number of benzene rings is 1. The maximum Gasteiger partial charge on any atom is 0.305 e. The highest BCUT2D eigenvalue weighted by molar-refractivity contribution is 6.02. The molecule has 1 aromatic rings. The molecular formula is C21H29NO5. The fourth-order valence-corrected chi connectivity index (χ4v) is 3.77. The van der Waals surface area contributed by atoms with Crippen LogP contribution < -0.4 is 9.47 Å². The molecule has 0 unspecified atom stereocenters. The lowest BCUT2D eigenvalue weighted by molar-refractivity contribution is -0.140. The Labute approximate surface area is 160 Å². The van der Waals surface area contributed by atoms with Gasteiger partial charge in [-0.3, -0.25) is 4.79 Å². The lowest BCUT2D eigenvalue weighted by atomic mass is 9.81. The first-order valence-corrected chi connectivity index (χ1v) is 9.79. The third-order valence-electron chi connectivity index (χ3n) is 5.36. The van der Waals surface area contributed by atoms with Crippen molar-refractivity contribution in [3.8, 4) is 11.5 Å². The van der Waals surface area contributed by atoms with E-state index >= 15 is 0 Å². The fraction of sp³-hybridized carbons (Fsp3) is 0.619. The standard InChI is InChI=1S/C21H29NO5/c1-24-18-10-9-16(14-19(18)26-13-7-4-8-20(23)25-2)17-15-21(27-22-17)11-5-3-6-12-21/h9-10,14H,3-8,11-13,15H2,1-2H3. The molecule has 3 rings (SSSR count). The smallest absolute Gasteiger partial charge is 0.305 e. The number of carbonyl (C=O) groups excluding carboxylic acids is 1. The number of esters is 1. The predicted molar refractivity (Wildman–Crippen MR) is 102 cm³/mol. The van der Waals surface area contributed by atoms with Gasteiger partial charge in [0.05, 0.1) is 26.5 Å². The van der Waals surface area contributed by atoms with Gasteiger partial charge in [-0.15, -0.1) is 0 Å². The van der Waals surface area contributed by atoms with Crippen molar-refractivity contribution >= 4 is 11.7 Å². The summed E-state index contributed by atoms with van der Waals surface area (Å²) in [4.78, 5) is 17.0. The third kappa shape index (κ3) is 4.93. The van der Waals surface area contributed by atoms with Gasteiger partial charge in [0.2, 0.25) is 0 Å². The predicted octanol–water partition coefficient (Wildman–Crippen LogP) is 4.24. The minimum Gasteiger partial charge on any atom is -0.493 e. The maximum atomic E-state index is 11.2. The van der Waals surface area contributed by atoms with Crippen LogP contribution in [0.3, 0.4) is 0 Å². The Morgan fingerprint density at radius 2 is 1.96 bits per heavy atom. The Morgan fingerprint density at radius 1 is 1.15 bits per heavy atom. The van der Waals surface area contributed by atoms with E-state index in [0.717, 1.165) is 43.4 Å². The molecule has 0 bridgehead atoms. The Bertz CT molecular complexity index is 679.